The van der Waals surface area contributed by atoms with Crippen molar-refractivity contribution in [1.29, 1.82) is 0 Å². The van der Waals surface area contributed by atoms with E-state index in [1.54, 1.807) is 0 Å². The van der Waals surface area contributed by atoms with Crippen molar-refractivity contribution in [1.82, 2.24) is 4.90 Å². The van der Waals surface area contributed by atoms with Gasteiger partial charge in [0.15, 0.2) is 0 Å². The summed E-state index contributed by atoms with van der Waals surface area (Å²) in [5.41, 5.74) is 0. The van der Waals surface area contributed by atoms with Crippen LogP contribution in [0.15, 0.2) is 24.3 Å². The summed E-state index contributed by atoms with van der Waals surface area (Å²) in [4.78, 5) is 38.5. The fourth-order valence-corrected chi connectivity index (χ4v) is 5.57. The number of unbranched alkanes of at least 4 members (excludes halogenated alkanes) is 16. The average molecular weight is 678 g/mol. The van der Waals surface area contributed by atoms with Gasteiger partial charge in [0.05, 0.1) is 0 Å². The molecule has 0 saturated carbocycles. The molecule has 0 atom stereocenters. The number of allylic oxidation sites excluding steroid dienone is 2. The third-order valence-electron chi connectivity index (χ3n) is 8.56. The largest absolute Gasteiger partial charge is 0.462 e. The third-order valence-corrected chi connectivity index (χ3v) is 8.56. The lowest BCUT2D eigenvalue weighted by molar-refractivity contribution is -0.150. The Morgan fingerprint density at radius 1 is 0.500 bits per heavy atom. The van der Waals surface area contributed by atoms with E-state index < -0.39 is 0 Å². The number of hydrogen-bond acceptors (Lipinski definition) is 7. The lowest BCUT2D eigenvalue weighted by atomic mass is 10.0. The van der Waals surface area contributed by atoms with Crippen LogP contribution in [0.4, 0.5) is 0 Å². The molecule has 0 aromatic heterocycles. The molecule has 0 spiro atoms. The molecule has 0 heterocycles. The van der Waals surface area contributed by atoms with Gasteiger partial charge < -0.3 is 19.1 Å². The van der Waals surface area contributed by atoms with E-state index in [9.17, 15) is 14.4 Å². The first-order valence-corrected chi connectivity index (χ1v) is 19.8. The molecule has 0 aliphatic rings. The Kier molecular flexibility index (Phi) is 34.5. The Morgan fingerprint density at radius 3 is 1.35 bits per heavy atom. The maximum atomic E-state index is 12.5. The summed E-state index contributed by atoms with van der Waals surface area (Å²) >= 11 is 0. The molecule has 0 aliphatic heterocycles. The molecule has 280 valence electrons. The lowest BCUT2D eigenvalue weighted by Gasteiger charge is -2.18. The van der Waals surface area contributed by atoms with Gasteiger partial charge in [-0.05, 0) is 91.3 Å². The minimum atomic E-state index is -0.0971. The summed E-state index contributed by atoms with van der Waals surface area (Å²) in [7, 11) is 4.05. The highest BCUT2D eigenvalue weighted by Crippen LogP contribution is 2.18. The number of hydrogen-bond donors (Lipinski definition) is 0. The van der Waals surface area contributed by atoms with Gasteiger partial charge in [-0.3, -0.25) is 14.4 Å². The first-order valence-electron chi connectivity index (χ1n) is 19.8. The van der Waals surface area contributed by atoms with Crippen LogP contribution in [0.25, 0.3) is 0 Å². The van der Waals surface area contributed by atoms with E-state index in [1.807, 2.05) is 26.2 Å². The number of esters is 3. The maximum Gasteiger partial charge on any atom is 0.306 e. The second-order valence-corrected chi connectivity index (χ2v) is 13.6. The molecule has 0 bridgehead atoms. The highest BCUT2D eigenvalue weighted by atomic mass is 16.5. The van der Waals surface area contributed by atoms with Crippen molar-refractivity contribution in [3.8, 4) is 0 Å². The Labute approximate surface area is 296 Å². The highest BCUT2D eigenvalue weighted by molar-refractivity contribution is 5.70. The summed E-state index contributed by atoms with van der Waals surface area (Å²) in [5.74, 6) is -0.264. The van der Waals surface area contributed by atoms with Gasteiger partial charge in [0.1, 0.15) is 19.3 Å². The zero-order chi connectivity index (χ0) is 35.3. The van der Waals surface area contributed by atoms with Crippen molar-refractivity contribution in [2.45, 2.75) is 187 Å². The molecule has 0 aromatic carbocycles. The van der Waals surface area contributed by atoms with Crippen molar-refractivity contribution >= 4 is 17.9 Å². The summed E-state index contributed by atoms with van der Waals surface area (Å²) in [5, 5.41) is 0. The summed E-state index contributed by atoms with van der Waals surface area (Å²) in [6, 6.07) is 0. The monoisotopic (exact) mass is 678 g/mol. The smallest absolute Gasteiger partial charge is 0.306 e. The van der Waals surface area contributed by atoms with E-state index in [1.165, 1.54) is 38.5 Å². The maximum absolute atomic E-state index is 12.5. The van der Waals surface area contributed by atoms with E-state index in [0.29, 0.717) is 32.5 Å². The topological polar surface area (TPSA) is 82.1 Å². The first kappa shape index (κ1) is 45.9. The van der Waals surface area contributed by atoms with E-state index in [4.69, 9.17) is 14.2 Å². The van der Waals surface area contributed by atoms with Crippen LogP contribution in [0.5, 0.6) is 0 Å². The third kappa shape index (κ3) is 35.2. The Balaban J connectivity index is 4.08. The van der Waals surface area contributed by atoms with E-state index in [-0.39, 0.29) is 24.0 Å². The molecule has 0 aromatic rings. The van der Waals surface area contributed by atoms with Crippen LogP contribution >= 0.6 is 0 Å². The fourth-order valence-electron chi connectivity index (χ4n) is 5.57. The van der Waals surface area contributed by atoms with E-state index >= 15 is 0 Å². The second kappa shape index (κ2) is 36.1. The predicted molar refractivity (Wildman–Crippen MR) is 200 cm³/mol. The number of carbonyl (C=O) groups is 3. The van der Waals surface area contributed by atoms with Gasteiger partial charge in [-0.25, -0.2) is 0 Å². The van der Waals surface area contributed by atoms with Crippen LogP contribution in [0, 0.1) is 0 Å². The molecule has 7 nitrogen and oxygen atoms in total. The molecule has 0 radical (unpaired) electrons. The Morgan fingerprint density at radius 2 is 0.917 bits per heavy atom. The molecule has 7 heteroatoms. The van der Waals surface area contributed by atoms with Crippen molar-refractivity contribution in [3.63, 3.8) is 0 Å². The van der Waals surface area contributed by atoms with Crippen molar-refractivity contribution in [2.24, 2.45) is 0 Å². The number of ether oxygens (including phenoxy) is 3. The number of rotatable bonds is 35. The number of carbonyl (C=O) groups excluding carboxylic acids is 3. The van der Waals surface area contributed by atoms with Crippen molar-refractivity contribution < 1.29 is 28.6 Å². The first-order chi connectivity index (χ1) is 23.4. The molecule has 48 heavy (non-hydrogen) atoms. The summed E-state index contributed by atoms with van der Waals surface area (Å²) in [6.45, 7) is 6.07. The van der Waals surface area contributed by atoms with Gasteiger partial charge >= 0.3 is 17.9 Å². The SMILES string of the molecule is CCCCC/C=C/COC(=O)CCCCCCCCC(CCCCCCCCC(=O)OC/C=C/CCCCC)OC(=O)CCCN(C)C. The lowest BCUT2D eigenvalue weighted by Crippen LogP contribution is -2.20. The zero-order valence-electron chi connectivity index (χ0n) is 31.8. The molecule has 0 N–H and O–H groups in total. The normalized spacial score (nSPS) is 11.7. The minimum absolute atomic E-state index is 0.00258. The van der Waals surface area contributed by atoms with Gasteiger partial charge in [-0.2, -0.15) is 0 Å². The molecule has 0 saturated heterocycles. The zero-order valence-corrected chi connectivity index (χ0v) is 31.8. The molecule has 0 aliphatic carbocycles. The molecular formula is C41H75NO6. The highest BCUT2D eigenvalue weighted by Gasteiger charge is 2.14. The molecule has 0 rings (SSSR count). The predicted octanol–water partition coefficient (Wildman–Crippen LogP) is 10.8. The van der Waals surface area contributed by atoms with Gasteiger partial charge in [0.25, 0.3) is 0 Å². The molecule has 0 unspecified atom stereocenters. The van der Waals surface area contributed by atoms with Gasteiger partial charge in [-0.15, -0.1) is 0 Å². The standard InChI is InChI=1S/C41H75NO6/c1-5-7-9-11-21-27-36-46-39(43)32-25-19-15-13-17-23-30-38(48-41(45)34-29-35-42(3)4)31-24-18-14-16-20-26-33-40(44)47-37-28-22-12-10-8-6-2/h21-22,27-28,38H,5-20,23-26,29-37H2,1-4H3/b27-21+,28-22+. The van der Waals surface area contributed by atoms with E-state index in [2.05, 4.69) is 30.9 Å². The van der Waals surface area contributed by atoms with Crippen molar-refractivity contribution in [2.75, 3.05) is 33.9 Å². The number of nitrogens with zero attached hydrogens (tertiary/aromatic N) is 1. The van der Waals surface area contributed by atoms with Crippen LogP contribution in [-0.2, 0) is 28.6 Å². The van der Waals surface area contributed by atoms with Crippen LogP contribution < -0.4 is 0 Å². The fraction of sp³-hybridized carbons (Fsp3) is 0.829. The van der Waals surface area contributed by atoms with Gasteiger partial charge in [-0.1, -0.05) is 115 Å². The summed E-state index contributed by atoms with van der Waals surface area (Å²) < 4.78 is 16.5. The van der Waals surface area contributed by atoms with Crippen LogP contribution in [0.3, 0.4) is 0 Å². The molecule has 0 amide bonds. The van der Waals surface area contributed by atoms with Gasteiger partial charge in [0, 0.05) is 19.3 Å². The Bertz CT molecular complexity index is 757. The Hall–Kier alpha value is -2.15. The summed E-state index contributed by atoms with van der Waals surface area (Å²) in [6.07, 6.45) is 34.5. The van der Waals surface area contributed by atoms with E-state index in [0.717, 1.165) is 116 Å². The quantitative estimate of drug-likeness (QED) is 0.0286. The van der Waals surface area contributed by atoms with Gasteiger partial charge in [0.2, 0.25) is 0 Å². The minimum Gasteiger partial charge on any atom is -0.462 e. The van der Waals surface area contributed by atoms with Crippen molar-refractivity contribution in [3.05, 3.63) is 24.3 Å². The van der Waals surface area contributed by atoms with Crippen LogP contribution in [0.1, 0.15) is 181 Å². The molecular weight excluding hydrogens is 602 g/mol. The average Bonchev–Trinajstić information content (AvgIpc) is 3.05. The molecule has 0 fully saturated rings. The second-order valence-electron chi connectivity index (χ2n) is 13.6. The van der Waals surface area contributed by atoms with Crippen LogP contribution in [-0.4, -0.2) is 62.8 Å². The van der Waals surface area contributed by atoms with Crippen LogP contribution in [0.2, 0.25) is 0 Å².